The van der Waals surface area contributed by atoms with E-state index in [9.17, 15) is 13.8 Å². The van der Waals surface area contributed by atoms with Crippen LogP contribution in [-0.2, 0) is 13.1 Å². The van der Waals surface area contributed by atoms with E-state index in [0.717, 1.165) is 154 Å². The Labute approximate surface area is 353 Å². The largest absolute Gasteiger partial charge is 0.490 e. The number of halogens is 2. The molecule has 4 fully saturated rings. The number of nitrogen functional groups attached to an aromatic ring is 1. The van der Waals surface area contributed by atoms with Crippen LogP contribution >= 0.6 is 11.3 Å². The molecule has 4 saturated heterocycles. The Kier molecular flexibility index (Phi) is 17.9. The number of ether oxygens (including phenoxy) is 1. The fraction of sp³-hybridized carbons (Fsp3) is 0.548. The van der Waals surface area contributed by atoms with Crippen molar-refractivity contribution in [3.05, 3.63) is 89.2 Å². The molecule has 7 heterocycles. The number of anilines is 3. The predicted octanol–water partition coefficient (Wildman–Crippen LogP) is 4.43. The number of nitrogens with zero attached hydrogens (tertiary/aromatic N) is 8. The third-order valence-electron chi connectivity index (χ3n) is 11.0. The van der Waals surface area contributed by atoms with Gasteiger partial charge >= 0.3 is 7.05 Å². The number of nitrogens with two attached hydrogens (primary N) is 1. The zero-order chi connectivity index (χ0) is 41.2. The summed E-state index contributed by atoms with van der Waals surface area (Å²) in [5.74, 6) is 2.11. The van der Waals surface area contributed by atoms with Gasteiger partial charge in [-0.15, -0.1) is 11.3 Å². The Morgan fingerprint density at radius 1 is 0.695 bits per heavy atom. The van der Waals surface area contributed by atoms with Crippen molar-refractivity contribution in [1.82, 2.24) is 40.2 Å². The number of likely N-dealkylation sites (tertiary alicyclic amines) is 1. The molecule has 1 aromatic carbocycles. The van der Waals surface area contributed by atoms with Crippen LogP contribution in [0, 0.1) is 11.6 Å². The number of thiazole rings is 1. The average molecular weight is 834 g/mol. The van der Waals surface area contributed by atoms with Gasteiger partial charge in [0, 0.05) is 96.2 Å². The summed E-state index contributed by atoms with van der Waals surface area (Å²) in [7, 11) is -0.278. The van der Waals surface area contributed by atoms with Crippen LogP contribution in [0.3, 0.4) is 0 Å². The summed E-state index contributed by atoms with van der Waals surface area (Å²) in [4.78, 5) is 25.1. The van der Waals surface area contributed by atoms with E-state index in [1.807, 2.05) is 13.0 Å². The molecule has 0 amide bonds. The quantitative estimate of drug-likeness (QED) is 0.178. The van der Waals surface area contributed by atoms with Crippen LogP contribution in [-0.4, -0.2) is 139 Å². The molecule has 0 atom stereocenters. The molecule has 4 aromatic rings. The summed E-state index contributed by atoms with van der Waals surface area (Å²) in [6, 6.07) is 15.0. The highest BCUT2D eigenvalue weighted by Gasteiger charge is 2.22. The van der Waals surface area contributed by atoms with Crippen molar-refractivity contribution >= 4 is 35.2 Å². The van der Waals surface area contributed by atoms with E-state index in [1.165, 1.54) is 35.0 Å². The molecule has 4 aliphatic heterocycles. The lowest BCUT2D eigenvalue weighted by atomic mass is 9.85. The summed E-state index contributed by atoms with van der Waals surface area (Å²) in [6.45, 7) is 17.6. The van der Waals surface area contributed by atoms with Crippen molar-refractivity contribution in [3.8, 4) is 5.75 Å². The number of nitrogens with one attached hydrogen (secondary N) is 2. The van der Waals surface area contributed by atoms with E-state index in [1.54, 1.807) is 23.5 Å². The second kappa shape index (κ2) is 23.7. The molecule has 8 rings (SSSR count). The van der Waals surface area contributed by atoms with Gasteiger partial charge < -0.3 is 40.7 Å². The first-order valence-electron chi connectivity index (χ1n) is 21.2. The number of hydrogen-bond donors (Lipinski definition) is 4. The van der Waals surface area contributed by atoms with Crippen molar-refractivity contribution in [3.63, 3.8) is 0 Å². The highest BCUT2D eigenvalue weighted by atomic mass is 32.1. The normalized spacial score (nSPS) is 19.0. The fourth-order valence-electron chi connectivity index (χ4n) is 7.71. The Balaban J connectivity index is 0.000000198. The van der Waals surface area contributed by atoms with Gasteiger partial charge in [-0.1, -0.05) is 12.1 Å². The molecule has 3 aromatic heterocycles. The first-order chi connectivity index (χ1) is 28.8. The van der Waals surface area contributed by atoms with Crippen molar-refractivity contribution < 1.29 is 18.5 Å². The lowest BCUT2D eigenvalue weighted by Gasteiger charge is -2.31. The molecule has 320 valence electrons. The summed E-state index contributed by atoms with van der Waals surface area (Å²) in [5, 5.41) is 16.4. The van der Waals surface area contributed by atoms with E-state index in [4.69, 9.17) is 10.5 Å². The van der Waals surface area contributed by atoms with Crippen LogP contribution in [0.15, 0.2) is 67.1 Å². The maximum Gasteiger partial charge on any atom is 0.376 e. The molecule has 0 bridgehead atoms. The molecule has 0 aliphatic carbocycles. The molecule has 59 heavy (non-hydrogen) atoms. The van der Waals surface area contributed by atoms with Crippen molar-refractivity contribution in [2.75, 3.05) is 107 Å². The van der Waals surface area contributed by atoms with Gasteiger partial charge in [0.25, 0.3) is 0 Å². The zero-order valence-electron chi connectivity index (χ0n) is 34.5. The molecule has 17 heteroatoms. The topological polar surface area (TPSA) is 134 Å². The minimum atomic E-state index is -0.291. The van der Waals surface area contributed by atoms with Gasteiger partial charge in [0.15, 0.2) is 5.13 Å². The third-order valence-corrected chi connectivity index (χ3v) is 11.8. The molecular weight excluding hydrogens is 771 g/mol. The van der Waals surface area contributed by atoms with E-state index in [0.29, 0.717) is 5.13 Å². The van der Waals surface area contributed by atoms with Gasteiger partial charge in [-0.25, -0.2) is 23.7 Å². The lowest BCUT2D eigenvalue weighted by Crippen LogP contribution is -2.39. The van der Waals surface area contributed by atoms with Crippen molar-refractivity contribution in [2.24, 2.45) is 0 Å². The van der Waals surface area contributed by atoms with Crippen molar-refractivity contribution in [2.45, 2.75) is 58.1 Å². The standard InChI is InChI=1S/C26H33FN6OS.C10H14FN3.C6H15BN2O/c27-21-4-7-25(29-16-21)33-11-1-10-31(14-15-33)18-20-2-5-22(6-3-20)34-23-8-12-32(13-9-23)19-24-17-30-26(28)35-24;11-9-2-3-10(13-8-9)14-6-1-4-12-5-7-14;1-7(10)9-5-2-3-8-4-6-9/h2-7,16-17,23H,1,8-15,18-19H2,(H2,28,30);2-3,8,12H,1,4-7H2;8,10H,2-6H2,1H3. The molecule has 13 nitrogen and oxygen atoms in total. The molecule has 0 unspecified atom stereocenters. The number of hydrogen-bond acceptors (Lipinski definition) is 14. The number of rotatable bonds is 9. The lowest BCUT2D eigenvalue weighted by molar-refractivity contribution is 0.0973. The van der Waals surface area contributed by atoms with E-state index in [2.05, 4.69) is 74.3 Å². The van der Waals surface area contributed by atoms with Gasteiger partial charge in [0.1, 0.15) is 35.1 Å². The Bertz CT molecular complexity index is 1750. The van der Waals surface area contributed by atoms with E-state index >= 15 is 0 Å². The fourth-order valence-corrected chi connectivity index (χ4v) is 8.44. The van der Waals surface area contributed by atoms with Gasteiger partial charge in [0.05, 0.1) is 12.4 Å². The van der Waals surface area contributed by atoms with E-state index in [-0.39, 0.29) is 24.8 Å². The number of pyridine rings is 2. The van der Waals surface area contributed by atoms with Gasteiger partial charge in [-0.2, -0.15) is 0 Å². The highest BCUT2D eigenvalue weighted by molar-refractivity contribution is 7.15. The summed E-state index contributed by atoms with van der Waals surface area (Å²) in [6.07, 6.45) is 10.1. The number of aromatic nitrogens is 3. The third kappa shape index (κ3) is 15.2. The first kappa shape index (κ1) is 44.6. The summed E-state index contributed by atoms with van der Waals surface area (Å²) in [5.41, 5.74) is 7.04. The Hall–Kier alpha value is -3.97. The smallest absolute Gasteiger partial charge is 0.376 e. The van der Waals surface area contributed by atoms with Gasteiger partial charge in [0.2, 0.25) is 0 Å². The predicted molar refractivity (Wildman–Crippen MR) is 235 cm³/mol. The zero-order valence-corrected chi connectivity index (χ0v) is 35.3. The molecule has 5 N–H and O–H groups in total. The molecular formula is C42H62BF2N11O2S. The second-order valence-corrected chi connectivity index (χ2v) is 16.7. The van der Waals surface area contributed by atoms with Crippen LogP contribution in [0.1, 0.15) is 42.5 Å². The van der Waals surface area contributed by atoms with Crippen LogP contribution in [0.25, 0.3) is 0 Å². The first-order valence-corrected chi connectivity index (χ1v) is 22.1. The minimum absolute atomic E-state index is 0.264. The monoisotopic (exact) mass is 833 g/mol. The molecule has 0 saturated carbocycles. The summed E-state index contributed by atoms with van der Waals surface area (Å²) >= 11 is 1.57. The van der Waals surface area contributed by atoms with E-state index < -0.39 is 0 Å². The maximum atomic E-state index is 13.2. The minimum Gasteiger partial charge on any atom is -0.490 e. The second-order valence-electron chi connectivity index (χ2n) is 15.6. The van der Waals surface area contributed by atoms with Gasteiger partial charge in [-0.05, 0) is 101 Å². The van der Waals surface area contributed by atoms with Crippen molar-refractivity contribution in [1.29, 1.82) is 0 Å². The van der Waals surface area contributed by atoms with Crippen LogP contribution in [0.5, 0.6) is 5.75 Å². The van der Waals surface area contributed by atoms with Crippen LogP contribution in [0.2, 0.25) is 6.82 Å². The molecule has 0 spiro atoms. The summed E-state index contributed by atoms with van der Waals surface area (Å²) < 4.78 is 32.1. The van der Waals surface area contributed by atoms with Gasteiger partial charge in [-0.3, -0.25) is 9.80 Å². The highest BCUT2D eigenvalue weighted by Crippen LogP contribution is 2.24. The maximum absolute atomic E-state index is 13.2. The molecule has 0 radical (unpaired) electrons. The Morgan fingerprint density at radius 3 is 1.95 bits per heavy atom. The van der Waals surface area contributed by atoms with Crippen LogP contribution in [0.4, 0.5) is 25.5 Å². The Morgan fingerprint density at radius 2 is 1.32 bits per heavy atom. The SMILES string of the molecule is CB(O)N1CCCNCC1.Fc1ccc(N2CCCNCC2)nc1.Nc1ncc(CN2CCC(Oc3ccc(CN4CCCN(c5ccc(F)cn5)CC4)cc3)CC2)s1. The van der Waals surface area contributed by atoms with Crippen LogP contribution < -0.4 is 30.9 Å². The average Bonchev–Trinajstić information content (AvgIpc) is 3.55. The number of benzene rings is 1. The molecule has 4 aliphatic rings. The number of piperidine rings is 1.